The van der Waals surface area contributed by atoms with Crippen LogP contribution in [0.15, 0.2) is 0 Å². The molecule has 0 aromatic rings. The molecule has 1 N–H and O–H groups in total. The van der Waals surface area contributed by atoms with E-state index in [2.05, 4.69) is 5.32 Å². The molecule has 1 saturated carbocycles. The van der Waals surface area contributed by atoms with E-state index in [1.54, 1.807) is 0 Å². The largest absolute Gasteiger partial charge is 0.356 e. The van der Waals surface area contributed by atoms with Crippen LogP contribution in [0.2, 0.25) is 0 Å². The lowest BCUT2D eigenvalue weighted by Crippen LogP contribution is -2.24. The Bertz CT molecular complexity index is 169. The Morgan fingerprint density at radius 1 is 1.21 bits per heavy atom. The summed E-state index contributed by atoms with van der Waals surface area (Å²) in [6.07, 6.45) is 7.80. The monoisotopic (exact) mass is 217 g/mol. The van der Waals surface area contributed by atoms with E-state index in [0.717, 1.165) is 31.7 Å². The number of alkyl halides is 1. The third-order valence-corrected chi connectivity index (χ3v) is 2.82. The Labute approximate surface area is 91.4 Å². The van der Waals surface area contributed by atoms with Crippen molar-refractivity contribution in [3.63, 3.8) is 0 Å². The molecule has 0 aromatic carbocycles. The molecule has 0 heterocycles. The van der Waals surface area contributed by atoms with E-state index in [4.69, 9.17) is 11.6 Å². The van der Waals surface area contributed by atoms with Gasteiger partial charge in [0.05, 0.1) is 0 Å². The van der Waals surface area contributed by atoms with Crippen molar-refractivity contribution in [3.8, 4) is 0 Å². The number of carbonyl (C=O) groups excluding carboxylic acids is 1. The highest BCUT2D eigenvalue weighted by Crippen LogP contribution is 2.31. The van der Waals surface area contributed by atoms with E-state index in [-0.39, 0.29) is 5.91 Å². The van der Waals surface area contributed by atoms with Crippen molar-refractivity contribution >= 4 is 17.5 Å². The molecule has 0 spiro atoms. The van der Waals surface area contributed by atoms with Crippen LogP contribution in [0.1, 0.15) is 44.9 Å². The van der Waals surface area contributed by atoms with Crippen molar-refractivity contribution < 1.29 is 4.79 Å². The maximum atomic E-state index is 11.3. The summed E-state index contributed by atoms with van der Waals surface area (Å²) < 4.78 is 0. The molecule has 1 rings (SSSR count). The predicted octanol–water partition coefficient (Wildman–Crippen LogP) is 2.70. The molecule has 1 aliphatic rings. The van der Waals surface area contributed by atoms with Crippen molar-refractivity contribution in [1.82, 2.24) is 5.32 Å². The van der Waals surface area contributed by atoms with Gasteiger partial charge in [0.25, 0.3) is 0 Å². The molecule has 1 aliphatic carbocycles. The Kier molecular flexibility index (Phi) is 6.00. The predicted molar refractivity (Wildman–Crippen MR) is 59.5 cm³/mol. The number of unbranched alkanes of at least 4 members (excludes halogenated alkanes) is 3. The molecular weight excluding hydrogens is 198 g/mol. The van der Waals surface area contributed by atoms with Gasteiger partial charge in [0.15, 0.2) is 0 Å². The van der Waals surface area contributed by atoms with Gasteiger partial charge in [-0.05, 0) is 31.6 Å². The van der Waals surface area contributed by atoms with Gasteiger partial charge >= 0.3 is 0 Å². The van der Waals surface area contributed by atoms with Gasteiger partial charge in [-0.15, -0.1) is 11.6 Å². The Balaban J connectivity index is 1.80. The van der Waals surface area contributed by atoms with Crippen molar-refractivity contribution in [3.05, 3.63) is 0 Å². The zero-order valence-electron chi connectivity index (χ0n) is 8.73. The standard InChI is InChI=1S/C11H20ClNO/c12-7-3-1-2-4-8-13-11(14)9-10-5-6-10/h10H,1-9H2,(H,13,14). The molecule has 0 unspecified atom stereocenters. The van der Waals surface area contributed by atoms with Crippen LogP contribution >= 0.6 is 11.6 Å². The molecule has 0 atom stereocenters. The first-order valence-electron chi connectivity index (χ1n) is 5.65. The summed E-state index contributed by atoms with van der Waals surface area (Å²) in [5, 5.41) is 2.96. The molecule has 0 aromatic heterocycles. The molecule has 2 nitrogen and oxygen atoms in total. The molecule has 14 heavy (non-hydrogen) atoms. The zero-order chi connectivity index (χ0) is 10.2. The fraction of sp³-hybridized carbons (Fsp3) is 0.909. The number of hydrogen-bond donors (Lipinski definition) is 1. The molecular formula is C11H20ClNO. The van der Waals surface area contributed by atoms with Gasteiger partial charge in [-0.25, -0.2) is 0 Å². The number of rotatable bonds is 8. The second-order valence-electron chi connectivity index (χ2n) is 4.10. The maximum absolute atomic E-state index is 11.3. The van der Waals surface area contributed by atoms with Gasteiger partial charge in [-0.2, -0.15) is 0 Å². The van der Waals surface area contributed by atoms with Gasteiger partial charge in [-0.1, -0.05) is 12.8 Å². The van der Waals surface area contributed by atoms with Crippen LogP contribution in [0.3, 0.4) is 0 Å². The zero-order valence-corrected chi connectivity index (χ0v) is 9.48. The Morgan fingerprint density at radius 2 is 1.93 bits per heavy atom. The highest BCUT2D eigenvalue weighted by atomic mass is 35.5. The van der Waals surface area contributed by atoms with Gasteiger partial charge in [0.1, 0.15) is 0 Å². The molecule has 0 bridgehead atoms. The number of halogens is 1. The first-order chi connectivity index (χ1) is 6.83. The van der Waals surface area contributed by atoms with Crippen molar-refractivity contribution in [2.45, 2.75) is 44.9 Å². The van der Waals surface area contributed by atoms with E-state index >= 15 is 0 Å². The van der Waals surface area contributed by atoms with Gasteiger partial charge in [0, 0.05) is 18.8 Å². The summed E-state index contributed by atoms with van der Waals surface area (Å²) in [7, 11) is 0. The van der Waals surface area contributed by atoms with Crippen LogP contribution < -0.4 is 5.32 Å². The van der Waals surface area contributed by atoms with E-state index in [9.17, 15) is 4.79 Å². The summed E-state index contributed by atoms with van der Waals surface area (Å²) in [5.41, 5.74) is 0. The lowest BCUT2D eigenvalue weighted by molar-refractivity contribution is -0.121. The summed E-state index contributed by atoms with van der Waals surface area (Å²) in [6, 6.07) is 0. The Hall–Kier alpha value is -0.240. The number of carbonyl (C=O) groups is 1. The van der Waals surface area contributed by atoms with Crippen LogP contribution in [-0.4, -0.2) is 18.3 Å². The molecule has 0 radical (unpaired) electrons. The third kappa shape index (κ3) is 6.25. The Morgan fingerprint density at radius 3 is 2.57 bits per heavy atom. The van der Waals surface area contributed by atoms with Crippen LogP contribution in [0.4, 0.5) is 0 Å². The second-order valence-corrected chi connectivity index (χ2v) is 4.48. The minimum Gasteiger partial charge on any atom is -0.356 e. The minimum atomic E-state index is 0.241. The van der Waals surface area contributed by atoms with E-state index in [0.29, 0.717) is 5.92 Å². The fourth-order valence-corrected chi connectivity index (χ4v) is 1.65. The first kappa shape index (κ1) is 11.8. The average Bonchev–Trinajstić information content (AvgIpc) is 2.95. The lowest BCUT2D eigenvalue weighted by Gasteiger charge is -2.03. The van der Waals surface area contributed by atoms with Crippen molar-refractivity contribution in [2.75, 3.05) is 12.4 Å². The molecule has 1 fully saturated rings. The molecule has 1 amide bonds. The normalized spacial score (nSPS) is 15.5. The fourth-order valence-electron chi connectivity index (χ4n) is 1.46. The van der Waals surface area contributed by atoms with Crippen molar-refractivity contribution in [1.29, 1.82) is 0 Å². The number of nitrogens with one attached hydrogen (secondary N) is 1. The molecule has 0 aliphatic heterocycles. The van der Waals surface area contributed by atoms with E-state index in [1.807, 2.05) is 0 Å². The minimum absolute atomic E-state index is 0.241. The van der Waals surface area contributed by atoms with Crippen LogP contribution in [0, 0.1) is 5.92 Å². The van der Waals surface area contributed by atoms with E-state index < -0.39 is 0 Å². The van der Waals surface area contributed by atoms with Crippen LogP contribution in [-0.2, 0) is 4.79 Å². The molecule has 82 valence electrons. The quantitative estimate of drug-likeness (QED) is 0.492. The highest BCUT2D eigenvalue weighted by Gasteiger charge is 2.23. The van der Waals surface area contributed by atoms with Gasteiger partial charge in [-0.3, -0.25) is 4.79 Å². The number of amides is 1. The highest BCUT2D eigenvalue weighted by molar-refractivity contribution is 6.17. The van der Waals surface area contributed by atoms with E-state index in [1.165, 1.54) is 25.7 Å². The first-order valence-corrected chi connectivity index (χ1v) is 6.19. The second kappa shape index (κ2) is 7.10. The smallest absolute Gasteiger partial charge is 0.220 e. The maximum Gasteiger partial charge on any atom is 0.220 e. The molecule has 0 saturated heterocycles. The van der Waals surface area contributed by atoms with Gasteiger partial charge < -0.3 is 5.32 Å². The SMILES string of the molecule is O=C(CC1CC1)NCCCCCCCl. The van der Waals surface area contributed by atoms with Crippen LogP contribution in [0.5, 0.6) is 0 Å². The summed E-state index contributed by atoms with van der Waals surface area (Å²) in [4.78, 5) is 11.3. The topological polar surface area (TPSA) is 29.1 Å². The lowest BCUT2D eigenvalue weighted by atomic mass is 10.2. The molecule has 3 heteroatoms. The summed E-state index contributed by atoms with van der Waals surface area (Å²) >= 11 is 5.56. The summed E-state index contributed by atoms with van der Waals surface area (Å²) in [6.45, 7) is 0.841. The van der Waals surface area contributed by atoms with Gasteiger partial charge in [0.2, 0.25) is 5.91 Å². The number of hydrogen-bond acceptors (Lipinski definition) is 1. The summed E-state index contributed by atoms with van der Waals surface area (Å²) in [5.74, 6) is 1.70. The third-order valence-electron chi connectivity index (χ3n) is 2.55. The van der Waals surface area contributed by atoms with Crippen molar-refractivity contribution in [2.24, 2.45) is 5.92 Å². The van der Waals surface area contributed by atoms with Crippen LogP contribution in [0.25, 0.3) is 0 Å². The average molecular weight is 218 g/mol.